The van der Waals surface area contributed by atoms with Crippen molar-refractivity contribution in [1.82, 2.24) is 0 Å². The summed E-state index contributed by atoms with van der Waals surface area (Å²) in [6.07, 6.45) is 5.38. The van der Waals surface area contributed by atoms with Crippen LogP contribution in [0.15, 0.2) is 22.7 Å². The van der Waals surface area contributed by atoms with Crippen molar-refractivity contribution in [2.75, 3.05) is 0 Å². The summed E-state index contributed by atoms with van der Waals surface area (Å²) in [6, 6.07) is 5.91. The average molecular weight is 423 g/mol. The smallest absolute Gasteiger partial charge is 0.164 e. The second-order valence-corrected chi connectivity index (χ2v) is 6.75. The highest BCUT2D eigenvalue weighted by atomic mass is 127. The molecule has 1 aromatic carbocycles. The van der Waals surface area contributed by atoms with E-state index in [1.807, 2.05) is 18.2 Å². The quantitative estimate of drug-likeness (QED) is 0.398. The summed E-state index contributed by atoms with van der Waals surface area (Å²) in [4.78, 5) is 12.3. The first-order chi connectivity index (χ1) is 8.58. The Morgan fingerprint density at radius 3 is 2.72 bits per heavy atom. The molecule has 3 heteroatoms. The lowest BCUT2D eigenvalue weighted by atomic mass is 9.91. The predicted molar refractivity (Wildman–Crippen MR) is 89.1 cm³/mol. The molecule has 0 spiro atoms. The maximum absolute atomic E-state index is 12.3. The van der Waals surface area contributed by atoms with Crippen molar-refractivity contribution < 1.29 is 4.79 Å². The normalized spacial score (nSPS) is 12.4. The number of hydrogen-bond donors (Lipinski definition) is 0. The van der Waals surface area contributed by atoms with E-state index in [0.717, 1.165) is 20.0 Å². The van der Waals surface area contributed by atoms with Crippen LogP contribution in [-0.2, 0) is 0 Å². The molecule has 0 aromatic heterocycles. The van der Waals surface area contributed by atoms with E-state index in [9.17, 15) is 4.79 Å². The lowest BCUT2D eigenvalue weighted by molar-refractivity contribution is 0.0956. The largest absolute Gasteiger partial charge is 0.294 e. The molecule has 0 aliphatic heterocycles. The number of ketones is 1. The summed E-state index contributed by atoms with van der Waals surface area (Å²) >= 11 is 5.67. The van der Waals surface area contributed by atoms with Crippen molar-refractivity contribution in [2.45, 2.75) is 46.0 Å². The van der Waals surface area contributed by atoms with Crippen LogP contribution in [0.2, 0.25) is 0 Å². The van der Waals surface area contributed by atoms with Crippen LogP contribution in [0.3, 0.4) is 0 Å². The third-order valence-corrected chi connectivity index (χ3v) is 4.68. The van der Waals surface area contributed by atoms with E-state index in [-0.39, 0.29) is 5.78 Å². The van der Waals surface area contributed by atoms with Crippen LogP contribution in [0.25, 0.3) is 0 Å². The number of carbonyl (C=O) groups is 1. The first-order valence-corrected chi connectivity index (χ1v) is 8.43. The Hall–Kier alpha value is 0.1000. The standard InChI is InChI=1S/C15H20BrIO/c1-3-5-6-11(4-2)9-15(18)13-10-12(16)7-8-14(13)17/h7-8,10-11H,3-6,9H2,1-2H3. The summed E-state index contributed by atoms with van der Waals surface area (Å²) in [5, 5.41) is 0. The van der Waals surface area contributed by atoms with E-state index >= 15 is 0 Å². The van der Waals surface area contributed by atoms with Crippen LogP contribution in [0.5, 0.6) is 0 Å². The highest BCUT2D eigenvalue weighted by molar-refractivity contribution is 14.1. The van der Waals surface area contributed by atoms with E-state index in [2.05, 4.69) is 52.4 Å². The molecule has 0 bridgehead atoms. The fourth-order valence-corrected chi connectivity index (χ4v) is 3.02. The summed E-state index contributed by atoms with van der Waals surface area (Å²) < 4.78 is 2.03. The first kappa shape index (κ1) is 16.2. The zero-order chi connectivity index (χ0) is 13.5. The summed E-state index contributed by atoms with van der Waals surface area (Å²) in [6.45, 7) is 4.38. The molecule has 18 heavy (non-hydrogen) atoms. The molecule has 0 amide bonds. The maximum atomic E-state index is 12.3. The fourth-order valence-electron chi connectivity index (χ4n) is 2.03. The van der Waals surface area contributed by atoms with Crippen LogP contribution in [0.1, 0.15) is 56.3 Å². The van der Waals surface area contributed by atoms with Crippen LogP contribution in [0, 0.1) is 9.49 Å². The molecule has 0 radical (unpaired) electrons. The van der Waals surface area contributed by atoms with Gasteiger partial charge in [-0.15, -0.1) is 0 Å². The minimum Gasteiger partial charge on any atom is -0.294 e. The summed E-state index contributed by atoms with van der Waals surface area (Å²) in [5.41, 5.74) is 0.861. The first-order valence-electron chi connectivity index (χ1n) is 6.56. The third kappa shape index (κ3) is 5.00. The number of unbranched alkanes of at least 4 members (excludes halogenated alkanes) is 1. The Morgan fingerprint density at radius 2 is 2.11 bits per heavy atom. The van der Waals surface area contributed by atoms with E-state index in [0.29, 0.717) is 12.3 Å². The highest BCUT2D eigenvalue weighted by Crippen LogP contribution is 2.24. The number of halogens is 2. The van der Waals surface area contributed by atoms with Gasteiger partial charge in [-0.25, -0.2) is 0 Å². The van der Waals surface area contributed by atoms with Crippen molar-refractivity contribution in [3.8, 4) is 0 Å². The van der Waals surface area contributed by atoms with Crippen molar-refractivity contribution in [3.63, 3.8) is 0 Å². The lowest BCUT2D eigenvalue weighted by Gasteiger charge is -2.14. The minimum atomic E-state index is 0.281. The Morgan fingerprint density at radius 1 is 1.39 bits per heavy atom. The molecule has 0 fully saturated rings. The molecule has 1 atom stereocenters. The molecule has 1 rings (SSSR count). The van der Waals surface area contributed by atoms with Gasteiger partial charge in [-0.2, -0.15) is 0 Å². The van der Waals surface area contributed by atoms with Gasteiger partial charge in [-0.1, -0.05) is 55.5 Å². The summed E-state index contributed by atoms with van der Waals surface area (Å²) in [7, 11) is 0. The van der Waals surface area contributed by atoms with Crippen LogP contribution in [0.4, 0.5) is 0 Å². The predicted octanol–water partition coefficient (Wildman–Crippen LogP) is 5.84. The van der Waals surface area contributed by atoms with Crippen molar-refractivity contribution in [2.24, 2.45) is 5.92 Å². The average Bonchev–Trinajstić information content (AvgIpc) is 2.37. The molecule has 1 unspecified atom stereocenters. The number of hydrogen-bond acceptors (Lipinski definition) is 1. The number of benzene rings is 1. The second kappa shape index (κ2) is 8.31. The van der Waals surface area contributed by atoms with Gasteiger partial charge in [0.1, 0.15) is 0 Å². The topological polar surface area (TPSA) is 17.1 Å². The zero-order valence-electron chi connectivity index (χ0n) is 11.0. The molecule has 0 saturated heterocycles. The molecule has 100 valence electrons. The Kier molecular flexibility index (Phi) is 7.46. The zero-order valence-corrected chi connectivity index (χ0v) is 14.8. The lowest BCUT2D eigenvalue weighted by Crippen LogP contribution is -2.09. The Bertz CT molecular complexity index is 403. The fraction of sp³-hybridized carbons (Fsp3) is 0.533. The van der Waals surface area contributed by atoms with Crippen LogP contribution < -0.4 is 0 Å². The molecule has 0 aliphatic carbocycles. The molecular formula is C15H20BrIO. The number of carbonyl (C=O) groups excluding carboxylic acids is 1. The Balaban J connectivity index is 2.71. The van der Waals surface area contributed by atoms with Gasteiger partial charge < -0.3 is 0 Å². The van der Waals surface area contributed by atoms with Crippen molar-refractivity contribution >= 4 is 44.3 Å². The van der Waals surface area contributed by atoms with Gasteiger partial charge in [0.2, 0.25) is 0 Å². The molecule has 1 nitrogen and oxygen atoms in total. The van der Waals surface area contributed by atoms with Crippen LogP contribution in [-0.4, -0.2) is 5.78 Å². The molecule has 0 N–H and O–H groups in total. The van der Waals surface area contributed by atoms with E-state index in [4.69, 9.17) is 0 Å². The maximum Gasteiger partial charge on any atom is 0.164 e. The summed E-state index contributed by atoms with van der Waals surface area (Å²) in [5.74, 6) is 0.816. The van der Waals surface area contributed by atoms with Gasteiger partial charge in [0.15, 0.2) is 5.78 Å². The molecule has 0 saturated carbocycles. The Labute approximate surface area is 132 Å². The van der Waals surface area contributed by atoms with Crippen molar-refractivity contribution in [1.29, 1.82) is 0 Å². The van der Waals surface area contributed by atoms with Gasteiger partial charge in [-0.05, 0) is 46.7 Å². The molecular weight excluding hydrogens is 403 g/mol. The molecule has 0 heterocycles. The third-order valence-electron chi connectivity index (χ3n) is 3.25. The van der Waals surface area contributed by atoms with Gasteiger partial charge in [0, 0.05) is 20.0 Å². The molecule has 1 aromatic rings. The van der Waals surface area contributed by atoms with E-state index in [1.54, 1.807) is 0 Å². The molecule has 0 aliphatic rings. The highest BCUT2D eigenvalue weighted by Gasteiger charge is 2.15. The SMILES string of the molecule is CCCCC(CC)CC(=O)c1cc(Br)ccc1I. The van der Waals surface area contributed by atoms with E-state index in [1.165, 1.54) is 19.3 Å². The second-order valence-electron chi connectivity index (χ2n) is 4.67. The number of rotatable bonds is 7. The van der Waals surface area contributed by atoms with Gasteiger partial charge in [0.25, 0.3) is 0 Å². The van der Waals surface area contributed by atoms with Gasteiger partial charge in [-0.3, -0.25) is 4.79 Å². The minimum absolute atomic E-state index is 0.281. The van der Waals surface area contributed by atoms with E-state index < -0.39 is 0 Å². The van der Waals surface area contributed by atoms with Crippen LogP contribution >= 0.6 is 38.5 Å². The number of Topliss-reactive ketones (excluding diaryl/α,β-unsaturated/α-hetero) is 1. The van der Waals surface area contributed by atoms with Crippen molar-refractivity contribution in [3.05, 3.63) is 31.8 Å². The monoisotopic (exact) mass is 422 g/mol. The van der Waals surface area contributed by atoms with Gasteiger partial charge in [0.05, 0.1) is 0 Å². The van der Waals surface area contributed by atoms with Gasteiger partial charge >= 0.3 is 0 Å².